The average Bonchev–Trinajstić information content (AvgIpc) is 2.46. The third-order valence-corrected chi connectivity index (χ3v) is 2.30. The largest absolute Gasteiger partial charge is 0.276 e. The van der Waals surface area contributed by atoms with E-state index in [1.807, 2.05) is 12.1 Å². The molecular weight excluding hydrogens is 179 g/mol. The average molecular weight is 192 g/mol. The van der Waals surface area contributed by atoms with Gasteiger partial charge in [-0.15, -0.1) is 0 Å². The first-order chi connectivity index (χ1) is 6.50. The molecule has 0 aliphatic rings. The van der Waals surface area contributed by atoms with Crippen LogP contribution in [0.15, 0.2) is 24.5 Å². The Labute approximate surface area is 82.4 Å². The lowest BCUT2D eigenvalue weighted by Crippen LogP contribution is -2.13. The van der Waals surface area contributed by atoms with Crippen molar-refractivity contribution >= 4 is 5.65 Å². The van der Waals surface area contributed by atoms with Crippen LogP contribution >= 0.6 is 0 Å². The number of nitrogens with zero attached hydrogens (tertiary/aromatic N) is 2. The third kappa shape index (κ3) is 1.29. The van der Waals surface area contributed by atoms with Gasteiger partial charge in [-0.05, 0) is 11.5 Å². The van der Waals surface area contributed by atoms with Crippen LogP contribution in [0.1, 0.15) is 26.3 Å². The molecule has 0 atom stereocenters. The molecule has 0 aromatic carbocycles. The first-order valence-electron chi connectivity index (χ1n) is 4.62. The molecule has 0 saturated heterocycles. The Morgan fingerprint density at radius 1 is 1.36 bits per heavy atom. The minimum Gasteiger partial charge on any atom is -0.276 e. The molecule has 0 aliphatic heterocycles. The summed E-state index contributed by atoms with van der Waals surface area (Å²) in [5, 5.41) is 0. The van der Waals surface area contributed by atoms with E-state index in [0.717, 1.165) is 5.56 Å². The Hall–Kier alpha value is -1.38. The first kappa shape index (κ1) is 9.19. The maximum absolute atomic E-state index is 13.2. The Kier molecular flexibility index (Phi) is 1.84. The highest BCUT2D eigenvalue weighted by molar-refractivity contribution is 5.51. The van der Waals surface area contributed by atoms with Gasteiger partial charge in [0.25, 0.3) is 0 Å². The molecule has 0 saturated carbocycles. The zero-order chi connectivity index (χ0) is 10.3. The standard InChI is InChI=1S/C11H13FN2/c1-11(2,3)8-5-4-6-14-9(12)7-13-10(8)14/h4-7H,1-3H3. The Morgan fingerprint density at radius 3 is 2.71 bits per heavy atom. The van der Waals surface area contributed by atoms with Crippen LogP contribution in [0.4, 0.5) is 4.39 Å². The maximum Gasteiger partial charge on any atom is 0.217 e. The van der Waals surface area contributed by atoms with Gasteiger partial charge in [0.05, 0.1) is 6.20 Å². The van der Waals surface area contributed by atoms with E-state index in [-0.39, 0.29) is 11.4 Å². The minimum atomic E-state index is -0.314. The summed E-state index contributed by atoms with van der Waals surface area (Å²) >= 11 is 0. The molecule has 0 amide bonds. The van der Waals surface area contributed by atoms with Crippen molar-refractivity contribution in [3.63, 3.8) is 0 Å². The molecule has 74 valence electrons. The van der Waals surface area contributed by atoms with Crippen LogP contribution in [-0.4, -0.2) is 9.38 Å². The normalized spacial score (nSPS) is 12.3. The van der Waals surface area contributed by atoms with Crippen LogP contribution in [0.25, 0.3) is 5.65 Å². The molecule has 0 N–H and O–H groups in total. The van der Waals surface area contributed by atoms with E-state index in [1.54, 1.807) is 6.20 Å². The zero-order valence-corrected chi connectivity index (χ0v) is 8.58. The second-order valence-corrected chi connectivity index (χ2v) is 4.45. The summed E-state index contributed by atoms with van der Waals surface area (Å²) in [6.07, 6.45) is 2.94. The Morgan fingerprint density at radius 2 is 2.07 bits per heavy atom. The summed E-state index contributed by atoms with van der Waals surface area (Å²) < 4.78 is 14.7. The number of hydrogen-bond donors (Lipinski definition) is 0. The van der Waals surface area contributed by atoms with E-state index in [9.17, 15) is 4.39 Å². The quantitative estimate of drug-likeness (QED) is 0.627. The van der Waals surface area contributed by atoms with Crippen molar-refractivity contribution in [2.75, 3.05) is 0 Å². The smallest absolute Gasteiger partial charge is 0.217 e. The van der Waals surface area contributed by atoms with Gasteiger partial charge in [0.2, 0.25) is 5.95 Å². The molecule has 0 fully saturated rings. The van der Waals surface area contributed by atoms with Crippen molar-refractivity contribution in [3.05, 3.63) is 36.0 Å². The predicted molar refractivity (Wildman–Crippen MR) is 53.9 cm³/mol. The summed E-state index contributed by atoms with van der Waals surface area (Å²) in [5.74, 6) is -0.314. The highest BCUT2D eigenvalue weighted by Gasteiger charge is 2.18. The molecule has 0 aliphatic carbocycles. The minimum absolute atomic E-state index is 0.0136. The van der Waals surface area contributed by atoms with Crippen LogP contribution in [0.3, 0.4) is 0 Å². The van der Waals surface area contributed by atoms with E-state index in [4.69, 9.17) is 0 Å². The Bertz CT molecular complexity index is 466. The summed E-state index contributed by atoms with van der Waals surface area (Å²) in [4.78, 5) is 4.07. The van der Waals surface area contributed by atoms with Crippen LogP contribution in [0, 0.1) is 5.95 Å². The van der Waals surface area contributed by atoms with E-state index < -0.39 is 0 Å². The number of aromatic nitrogens is 2. The summed E-state index contributed by atoms with van der Waals surface area (Å²) in [5.41, 5.74) is 1.75. The molecule has 3 heteroatoms. The van der Waals surface area contributed by atoms with Crippen LogP contribution in [0.2, 0.25) is 0 Å². The van der Waals surface area contributed by atoms with E-state index in [2.05, 4.69) is 25.8 Å². The molecule has 2 nitrogen and oxygen atoms in total. The van der Waals surface area contributed by atoms with Gasteiger partial charge in [-0.3, -0.25) is 4.40 Å². The summed E-state index contributed by atoms with van der Waals surface area (Å²) in [6, 6.07) is 3.83. The van der Waals surface area contributed by atoms with Gasteiger partial charge in [0.15, 0.2) is 0 Å². The van der Waals surface area contributed by atoms with Crippen LogP contribution in [-0.2, 0) is 5.41 Å². The van der Waals surface area contributed by atoms with Gasteiger partial charge in [-0.25, -0.2) is 4.98 Å². The zero-order valence-electron chi connectivity index (χ0n) is 8.58. The lowest BCUT2D eigenvalue weighted by atomic mass is 9.88. The number of hydrogen-bond acceptors (Lipinski definition) is 1. The fourth-order valence-corrected chi connectivity index (χ4v) is 1.57. The molecule has 2 rings (SSSR count). The fraction of sp³-hybridized carbons (Fsp3) is 0.364. The van der Waals surface area contributed by atoms with Gasteiger partial charge >= 0.3 is 0 Å². The number of rotatable bonds is 0. The number of halogens is 1. The molecule has 2 aromatic heterocycles. The maximum atomic E-state index is 13.2. The van der Waals surface area contributed by atoms with Crippen LogP contribution in [0.5, 0.6) is 0 Å². The van der Waals surface area contributed by atoms with Gasteiger partial charge in [-0.1, -0.05) is 26.8 Å². The number of imidazole rings is 1. The fourth-order valence-electron chi connectivity index (χ4n) is 1.57. The first-order valence-corrected chi connectivity index (χ1v) is 4.62. The van der Waals surface area contributed by atoms with Gasteiger partial charge in [0.1, 0.15) is 5.65 Å². The van der Waals surface area contributed by atoms with Gasteiger partial charge in [0, 0.05) is 11.8 Å². The van der Waals surface area contributed by atoms with Gasteiger partial charge < -0.3 is 0 Å². The lowest BCUT2D eigenvalue weighted by Gasteiger charge is -2.19. The number of fused-ring (bicyclic) bond motifs is 1. The summed E-state index contributed by atoms with van der Waals surface area (Å²) in [7, 11) is 0. The van der Waals surface area contributed by atoms with Crippen molar-refractivity contribution in [2.24, 2.45) is 0 Å². The van der Waals surface area contributed by atoms with Crippen molar-refractivity contribution in [2.45, 2.75) is 26.2 Å². The molecule has 0 unspecified atom stereocenters. The van der Waals surface area contributed by atoms with Crippen molar-refractivity contribution in [1.29, 1.82) is 0 Å². The third-order valence-electron chi connectivity index (χ3n) is 2.30. The molecule has 0 bridgehead atoms. The molecular formula is C11H13FN2. The van der Waals surface area contributed by atoms with Crippen LogP contribution < -0.4 is 0 Å². The molecule has 14 heavy (non-hydrogen) atoms. The molecule has 0 spiro atoms. The SMILES string of the molecule is CC(C)(C)c1cccn2c(F)cnc12. The second-order valence-electron chi connectivity index (χ2n) is 4.45. The predicted octanol–water partition coefficient (Wildman–Crippen LogP) is 2.77. The summed E-state index contributed by atoms with van der Waals surface area (Å²) in [6.45, 7) is 6.28. The number of pyridine rings is 1. The molecule has 2 aromatic rings. The van der Waals surface area contributed by atoms with E-state index in [1.165, 1.54) is 10.6 Å². The van der Waals surface area contributed by atoms with E-state index >= 15 is 0 Å². The van der Waals surface area contributed by atoms with E-state index in [0.29, 0.717) is 5.65 Å². The van der Waals surface area contributed by atoms with Gasteiger partial charge in [-0.2, -0.15) is 4.39 Å². The Balaban J connectivity index is 2.79. The van der Waals surface area contributed by atoms with Crippen molar-refractivity contribution < 1.29 is 4.39 Å². The van der Waals surface area contributed by atoms with Crippen molar-refractivity contribution in [1.82, 2.24) is 9.38 Å². The monoisotopic (exact) mass is 192 g/mol. The molecule has 2 heterocycles. The topological polar surface area (TPSA) is 17.3 Å². The highest BCUT2D eigenvalue weighted by Crippen LogP contribution is 2.25. The second kappa shape index (κ2) is 2.80. The van der Waals surface area contributed by atoms with Crippen molar-refractivity contribution in [3.8, 4) is 0 Å². The molecule has 0 radical (unpaired) electrons. The highest BCUT2D eigenvalue weighted by atomic mass is 19.1. The lowest BCUT2D eigenvalue weighted by molar-refractivity contribution is 0.565.